The smallest absolute Gasteiger partial charge is 0.312 e. The van der Waals surface area contributed by atoms with Crippen molar-refractivity contribution in [2.45, 2.75) is 74.3 Å². The van der Waals surface area contributed by atoms with Crippen molar-refractivity contribution in [3.63, 3.8) is 0 Å². The minimum atomic E-state index is -1.33. The van der Waals surface area contributed by atoms with Gasteiger partial charge in [0, 0.05) is 28.5 Å². The summed E-state index contributed by atoms with van der Waals surface area (Å²) in [6.45, 7) is 10.8. The SMILES string of the molecule is C=CCCC(=O)NC[C@@H](C)OC(=O)[C@@H]1[C@H]2O[C@@]3(CC2Br)[C@H](C(=O)N(CC=C)c2ccc(Cl)cc2)N([C@@H](CC)CO)C(=O)[C@@H]13. The number of likely N-dealkylation sites (tertiary alicyclic amines) is 1. The molecule has 3 aliphatic rings. The quantitative estimate of drug-likeness (QED) is 0.175. The number of esters is 1. The summed E-state index contributed by atoms with van der Waals surface area (Å²) in [6, 6.07) is 4.98. The van der Waals surface area contributed by atoms with Gasteiger partial charge >= 0.3 is 5.97 Å². The van der Waals surface area contributed by atoms with E-state index in [0.29, 0.717) is 30.0 Å². The summed E-state index contributed by atoms with van der Waals surface area (Å²) in [5.74, 6) is -3.62. The Labute approximate surface area is 265 Å². The van der Waals surface area contributed by atoms with E-state index < -0.39 is 59.5 Å². The molecule has 0 saturated carbocycles. The summed E-state index contributed by atoms with van der Waals surface area (Å²) < 4.78 is 12.3. The predicted molar refractivity (Wildman–Crippen MR) is 166 cm³/mol. The fraction of sp³-hybridized carbons (Fsp3) is 0.548. The van der Waals surface area contributed by atoms with E-state index in [1.807, 2.05) is 6.92 Å². The molecule has 1 unspecified atom stereocenters. The average molecular weight is 681 g/mol. The van der Waals surface area contributed by atoms with Gasteiger partial charge in [0.25, 0.3) is 5.91 Å². The van der Waals surface area contributed by atoms with Gasteiger partial charge in [-0.2, -0.15) is 0 Å². The number of benzene rings is 1. The second-order valence-corrected chi connectivity index (χ2v) is 12.9. The third-order valence-corrected chi connectivity index (χ3v) is 9.60. The van der Waals surface area contributed by atoms with Gasteiger partial charge < -0.3 is 29.7 Å². The molecule has 43 heavy (non-hydrogen) atoms. The van der Waals surface area contributed by atoms with E-state index in [9.17, 15) is 24.3 Å². The number of aliphatic hydroxyl groups excluding tert-OH is 1. The first kappa shape index (κ1) is 33.2. The Morgan fingerprint density at radius 1 is 1.30 bits per heavy atom. The van der Waals surface area contributed by atoms with Gasteiger partial charge in [-0.3, -0.25) is 19.2 Å². The van der Waals surface area contributed by atoms with E-state index >= 15 is 0 Å². The average Bonchev–Trinajstić information content (AvgIpc) is 3.58. The first-order chi connectivity index (χ1) is 20.5. The van der Waals surface area contributed by atoms with Crippen LogP contribution in [0, 0.1) is 11.8 Å². The number of nitrogens with one attached hydrogen (secondary N) is 1. The van der Waals surface area contributed by atoms with E-state index in [-0.39, 0.29) is 36.9 Å². The number of allylic oxidation sites excluding steroid dienone is 1. The molecule has 3 fully saturated rings. The number of ether oxygens (including phenoxy) is 2. The van der Waals surface area contributed by atoms with Crippen LogP contribution in [0.15, 0.2) is 49.6 Å². The van der Waals surface area contributed by atoms with Crippen molar-refractivity contribution in [2.75, 3.05) is 24.6 Å². The molecule has 3 aliphatic heterocycles. The Kier molecular flexibility index (Phi) is 10.7. The molecule has 2 bridgehead atoms. The maximum absolute atomic E-state index is 14.5. The fourth-order valence-corrected chi connectivity index (χ4v) is 7.61. The highest BCUT2D eigenvalue weighted by Gasteiger charge is 2.77. The molecule has 0 aromatic heterocycles. The summed E-state index contributed by atoms with van der Waals surface area (Å²) in [6.07, 6.45) is 3.38. The second-order valence-electron chi connectivity index (χ2n) is 11.2. The molecular formula is C31H39BrClN3O7. The van der Waals surface area contributed by atoms with Gasteiger partial charge in [0.1, 0.15) is 17.7 Å². The van der Waals surface area contributed by atoms with Crippen LogP contribution in [-0.4, -0.2) is 88.1 Å². The molecule has 1 spiro atoms. The number of carbonyl (C=O) groups excluding carboxylic acids is 4. The lowest BCUT2D eigenvalue weighted by Crippen LogP contribution is -2.59. The van der Waals surface area contributed by atoms with Crippen LogP contribution < -0.4 is 10.2 Å². The van der Waals surface area contributed by atoms with E-state index in [1.54, 1.807) is 43.3 Å². The molecule has 1 aromatic carbocycles. The van der Waals surface area contributed by atoms with E-state index in [2.05, 4.69) is 34.4 Å². The van der Waals surface area contributed by atoms with Crippen molar-refractivity contribution in [2.24, 2.45) is 11.8 Å². The number of hydrogen-bond acceptors (Lipinski definition) is 7. The standard InChI is InChI=1S/C31H39BrClN3O7/c1-5-8-9-23(38)34-16-18(4)42-30(41)24-25-28(39)36(20(7-3)17-37)27(31(25)15-22(32)26(24)43-31)29(40)35(14-6-2)21-12-10-19(33)11-13-21/h5-6,10-13,18,20,22,24-27,37H,1-2,7-9,14-17H2,3-4H3,(H,34,38)/t18-,20+,22?,24+,25-,26+,27+,31-/m1/s1. The van der Waals surface area contributed by atoms with Crippen LogP contribution >= 0.6 is 27.5 Å². The maximum Gasteiger partial charge on any atom is 0.312 e. The van der Waals surface area contributed by atoms with Gasteiger partial charge in [-0.05, 0) is 50.5 Å². The monoisotopic (exact) mass is 679 g/mol. The molecule has 3 heterocycles. The van der Waals surface area contributed by atoms with Crippen LogP contribution in [0.5, 0.6) is 0 Å². The topological polar surface area (TPSA) is 125 Å². The van der Waals surface area contributed by atoms with Crippen molar-refractivity contribution < 1.29 is 33.8 Å². The molecule has 1 aromatic rings. The lowest BCUT2D eigenvalue weighted by molar-refractivity contribution is -0.159. The highest BCUT2D eigenvalue weighted by Crippen LogP contribution is 2.61. The number of aliphatic hydroxyl groups is 1. The van der Waals surface area contributed by atoms with Gasteiger partial charge in [-0.1, -0.05) is 46.6 Å². The fourth-order valence-electron chi connectivity index (χ4n) is 6.54. The van der Waals surface area contributed by atoms with Crippen molar-refractivity contribution in [3.05, 3.63) is 54.6 Å². The molecular weight excluding hydrogens is 642 g/mol. The van der Waals surface area contributed by atoms with Crippen LogP contribution in [0.2, 0.25) is 5.02 Å². The Hall–Kier alpha value is -2.73. The Bertz CT molecular complexity index is 1240. The van der Waals surface area contributed by atoms with Gasteiger partial charge in [-0.25, -0.2) is 0 Å². The molecule has 3 amide bonds. The molecule has 234 valence electrons. The Morgan fingerprint density at radius 2 is 2.00 bits per heavy atom. The summed E-state index contributed by atoms with van der Waals surface area (Å²) in [5, 5.41) is 13.5. The summed E-state index contributed by atoms with van der Waals surface area (Å²) >= 11 is 9.75. The molecule has 4 rings (SSSR count). The number of fused-ring (bicyclic) bond motifs is 1. The summed E-state index contributed by atoms with van der Waals surface area (Å²) in [4.78, 5) is 57.1. The van der Waals surface area contributed by atoms with E-state index in [4.69, 9.17) is 21.1 Å². The Balaban J connectivity index is 1.67. The molecule has 2 N–H and O–H groups in total. The number of nitrogens with zero attached hydrogens (tertiary/aromatic N) is 2. The predicted octanol–water partition coefficient (Wildman–Crippen LogP) is 3.39. The van der Waals surface area contributed by atoms with Gasteiger partial charge in [0.05, 0.1) is 37.1 Å². The molecule has 3 saturated heterocycles. The number of hydrogen-bond donors (Lipinski definition) is 2. The van der Waals surface area contributed by atoms with E-state index in [1.165, 1.54) is 9.80 Å². The summed E-state index contributed by atoms with van der Waals surface area (Å²) in [7, 11) is 0. The summed E-state index contributed by atoms with van der Waals surface area (Å²) in [5.41, 5.74) is -0.769. The molecule has 0 radical (unpaired) electrons. The van der Waals surface area contributed by atoms with Crippen LogP contribution in [0.25, 0.3) is 0 Å². The first-order valence-corrected chi connectivity index (χ1v) is 15.8. The first-order valence-electron chi connectivity index (χ1n) is 14.5. The lowest BCUT2D eigenvalue weighted by atomic mass is 9.70. The van der Waals surface area contributed by atoms with Crippen LogP contribution in [0.3, 0.4) is 0 Å². The molecule has 8 atom stereocenters. The number of anilines is 1. The Morgan fingerprint density at radius 3 is 2.60 bits per heavy atom. The minimum Gasteiger partial charge on any atom is -0.460 e. The largest absolute Gasteiger partial charge is 0.460 e. The number of amides is 3. The van der Waals surface area contributed by atoms with Gasteiger partial charge in [0.2, 0.25) is 11.8 Å². The second kappa shape index (κ2) is 13.9. The number of halogens is 2. The van der Waals surface area contributed by atoms with Gasteiger partial charge in [-0.15, -0.1) is 13.2 Å². The maximum atomic E-state index is 14.5. The third-order valence-electron chi connectivity index (χ3n) is 8.50. The van der Waals surface area contributed by atoms with Crippen molar-refractivity contribution in [1.82, 2.24) is 10.2 Å². The lowest BCUT2D eigenvalue weighted by Gasteiger charge is -2.39. The number of carbonyl (C=O) groups is 4. The highest BCUT2D eigenvalue weighted by molar-refractivity contribution is 9.09. The molecule has 0 aliphatic carbocycles. The van der Waals surface area contributed by atoms with Crippen molar-refractivity contribution in [3.8, 4) is 0 Å². The van der Waals surface area contributed by atoms with Crippen molar-refractivity contribution in [1.29, 1.82) is 0 Å². The molecule has 12 heteroatoms. The number of alkyl halides is 1. The number of rotatable bonds is 14. The van der Waals surface area contributed by atoms with Crippen LogP contribution in [-0.2, 0) is 28.7 Å². The zero-order valence-corrected chi connectivity index (χ0v) is 26.8. The molecule has 10 nitrogen and oxygen atoms in total. The normalized spacial score (nSPS) is 28.6. The zero-order valence-electron chi connectivity index (χ0n) is 24.4. The van der Waals surface area contributed by atoms with Crippen LogP contribution in [0.4, 0.5) is 5.69 Å². The third kappa shape index (κ3) is 6.27. The zero-order chi connectivity index (χ0) is 31.5. The van der Waals surface area contributed by atoms with Gasteiger partial charge in [0.15, 0.2) is 0 Å². The van der Waals surface area contributed by atoms with Crippen LogP contribution in [0.1, 0.15) is 39.5 Å². The minimum absolute atomic E-state index is 0.106. The van der Waals surface area contributed by atoms with E-state index in [0.717, 1.165) is 0 Å². The van der Waals surface area contributed by atoms with Crippen molar-refractivity contribution >= 4 is 56.9 Å². The highest BCUT2D eigenvalue weighted by atomic mass is 79.9.